The second-order valence-electron chi connectivity index (χ2n) is 2.80. The number of carbonyl (C=O) groups excluding carboxylic acids is 1. The largest absolute Gasteiger partial charge is 0.726 e. The second kappa shape index (κ2) is 5.20. The normalized spacial score (nSPS) is 11.4. The topological polar surface area (TPSA) is 83.5 Å². The van der Waals surface area contributed by atoms with Crippen molar-refractivity contribution in [3.63, 3.8) is 0 Å². The van der Waals surface area contributed by atoms with E-state index in [-0.39, 0.29) is 0 Å². The Kier molecular flexibility index (Phi) is 6.09. The minimum atomic E-state index is -4.41. The van der Waals surface area contributed by atoms with E-state index in [1.165, 1.54) is 0 Å². The molecule has 0 saturated heterocycles. The second-order valence-corrected chi connectivity index (χ2v) is 3.95. The molecule has 0 saturated carbocycles. The molecule has 7 heteroatoms. The summed E-state index contributed by atoms with van der Waals surface area (Å²) in [7, 11) is 1.83. The Bertz CT molecular complexity index is 214. The molecule has 0 bridgehead atoms. The van der Waals surface area contributed by atoms with Crippen LogP contribution in [0.3, 0.4) is 0 Å². The molecule has 0 fully saturated rings. The van der Waals surface area contributed by atoms with Gasteiger partial charge in [0.15, 0.2) is 0 Å². The van der Waals surface area contributed by atoms with E-state index in [9.17, 15) is 17.8 Å². The zero-order valence-corrected chi connectivity index (χ0v) is 8.29. The highest BCUT2D eigenvalue weighted by atomic mass is 32.3. The SMILES string of the molecule is COS(=O)(=O)[O-].C[N+](C)(C)C=O. The molecule has 0 radical (unpaired) electrons. The van der Waals surface area contributed by atoms with E-state index >= 15 is 0 Å². The van der Waals surface area contributed by atoms with Gasteiger partial charge >= 0.3 is 6.41 Å². The van der Waals surface area contributed by atoms with E-state index < -0.39 is 10.4 Å². The average Bonchev–Trinajstić information content (AvgIpc) is 1.86. The quantitative estimate of drug-likeness (QED) is 0.245. The average molecular weight is 199 g/mol. The predicted octanol–water partition coefficient (Wildman–Crippen LogP) is -1.06. The van der Waals surface area contributed by atoms with Crippen molar-refractivity contribution in [1.29, 1.82) is 0 Å². The van der Waals surface area contributed by atoms with Crippen LogP contribution >= 0.6 is 0 Å². The van der Waals surface area contributed by atoms with Crippen molar-refractivity contribution < 1.29 is 26.4 Å². The molecule has 0 aliphatic carbocycles. The summed E-state index contributed by atoms with van der Waals surface area (Å²) in [5.41, 5.74) is 0. The lowest BCUT2D eigenvalue weighted by molar-refractivity contribution is -0.782. The van der Waals surface area contributed by atoms with Crippen molar-refractivity contribution in [2.75, 3.05) is 28.3 Å². The van der Waals surface area contributed by atoms with Gasteiger partial charge in [-0.1, -0.05) is 0 Å². The lowest BCUT2D eigenvalue weighted by atomic mass is 10.8. The highest BCUT2D eigenvalue weighted by molar-refractivity contribution is 7.80. The molecule has 1 amide bonds. The molecule has 6 nitrogen and oxygen atoms in total. The molecule has 0 aliphatic heterocycles. The van der Waals surface area contributed by atoms with Gasteiger partial charge in [0.25, 0.3) is 0 Å². The van der Waals surface area contributed by atoms with Crippen LogP contribution in [-0.2, 0) is 19.4 Å². The Morgan fingerprint density at radius 1 is 1.33 bits per heavy atom. The van der Waals surface area contributed by atoms with E-state index in [1.807, 2.05) is 21.1 Å². The van der Waals surface area contributed by atoms with Gasteiger partial charge in [-0.25, -0.2) is 13.2 Å². The summed E-state index contributed by atoms with van der Waals surface area (Å²) in [6.07, 6.45) is 0.875. The Labute approximate surface area is 72.3 Å². The Morgan fingerprint density at radius 2 is 1.50 bits per heavy atom. The summed E-state index contributed by atoms with van der Waals surface area (Å²) in [5, 5.41) is 0. The smallest absolute Gasteiger partial charge is 0.300 e. The number of nitrogens with zero attached hydrogens (tertiary/aromatic N) is 1. The van der Waals surface area contributed by atoms with Gasteiger partial charge < -0.3 is 4.55 Å². The van der Waals surface area contributed by atoms with Crippen LogP contribution in [0.2, 0.25) is 0 Å². The fourth-order valence-electron chi connectivity index (χ4n) is 0. The van der Waals surface area contributed by atoms with Crippen LogP contribution in [0.25, 0.3) is 0 Å². The first kappa shape index (κ1) is 14.0. The summed E-state index contributed by atoms with van der Waals surface area (Å²) >= 11 is 0. The van der Waals surface area contributed by atoms with Crippen LogP contribution in [0, 0.1) is 0 Å². The van der Waals surface area contributed by atoms with Crippen molar-refractivity contribution in [2.24, 2.45) is 0 Å². The number of rotatable bonds is 2. The maximum atomic E-state index is 9.80. The molecule has 0 spiro atoms. The number of carbonyl (C=O) groups is 1. The highest BCUT2D eigenvalue weighted by Crippen LogP contribution is 1.76. The van der Waals surface area contributed by atoms with E-state index in [0.29, 0.717) is 4.48 Å². The van der Waals surface area contributed by atoms with E-state index in [4.69, 9.17) is 0 Å². The third kappa shape index (κ3) is 22.7. The molecule has 0 aliphatic rings. The van der Waals surface area contributed by atoms with Gasteiger partial charge in [0.1, 0.15) is 0 Å². The maximum absolute atomic E-state index is 9.80. The first-order chi connectivity index (χ1) is 5.12. The molecule has 0 rings (SSSR count). The fraction of sp³-hybridized carbons (Fsp3) is 0.800. The van der Waals surface area contributed by atoms with Crippen LogP contribution in [0.5, 0.6) is 0 Å². The molecule has 0 aromatic rings. The van der Waals surface area contributed by atoms with E-state index in [0.717, 1.165) is 13.5 Å². The van der Waals surface area contributed by atoms with E-state index in [1.54, 1.807) is 0 Å². The van der Waals surface area contributed by atoms with Crippen molar-refractivity contribution in [2.45, 2.75) is 0 Å². The molecule has 12 heavy (non-hydrogen) atoms. The third-order valence-corrected chi connectivity index (χ3v) is 0.929. The molecule has 0 aromatic heterocycles. The molecule has 0 atom stereocenters. The number of amides is 1. The molecule has 0 aromatic carbocycles. The van der Waals surface area contributed by atoms with Crippen LogP contribution in [0.15, 0.2) is 0 Å². The molecular weight excluding hydrogens is 186 g/mol. The lowest BCUT2D eigenvalue weighted by Gasteiger charge is -2.11. The van der Waals surface area contributed by atoms with Crippen LogP contribution in [0.4, 0.5) is 0 Å². The van der Waals surface area contributed by atoms with Crippen LogP contribution < -0.4 is 0 Å². The van der Waals surface area contributed by atoms with Crippen LogP contribution in [0.1, 0.15) is 0 Å². The summed E-state index contributed by atoms with van der Waals surface area (Å²) in [5.74, 6) is 0. The zero-order valence-electron chi connectivity index (χ0n) is 7.47. The van der Waals surface area contributed by atoms with Gasteiger partial charge in [-0.2, -0.15) is 0 Å². The van der Waals surface area contributed by atoms with Crippen molar-refractivity contribution >= 4 is 16.8 Å². The Balaban J connectivity index is 0. The molecule has 0 unspecified atom stereocenters. The van der Waals surface area contributed by atoms with E-state index in [2.05, 4.69) is 4.18 Å². The first-order valence-electron chi connectivity index (χ1n) is 2.91. The number of hydrogen-bond donors (Lipinski definition) is 0. The highest BCUT2D eigenvalue weighted by Gasteiger charge is 1.99. The fourth-order valence-corrected chi connectivity index (χ4v) is 0. The standard InChI is InChI=1S/C4H10NO.CH4O4S/c1-5(2,3)4-6;1-5-6(2,3)4/h4H,1-3H3;1H3,(H,2,3,4)/q+1;/p-1. The Morgan fingerprint density at radius 3 is 1.50 bits per heavy atom. The maximum Gasteiger partial charge on any atom is 0.300 e. The predicted molar refractivity (Wildman–Crippen MR) is 40.8 cm³/mol. The van der Waals surface area contributed by atoms with Gasteiger partial charge in [0.2, 0.25) is 10.4 Å². The number of hydrogen-bond acceptors (Lipinski definition) is 5. The van der Waals surface area contributed by atoms with Crippen molar-refractivity contribution in [3.05, 3.63) is 0 Å². The van der Waals surface area contributed by atoms with Crippen molar-refractivity contribution in [1.82, 2.24) is 0 Å². The first-order valence-corrected chi connectivity index (χ1v) is 4.24. The number of quaternary nitrogens is 1. The van der Waals surface area contributed by atoms with Gasteiger partial charge in [-0.3, -0.25) is 8.67 Å². The summed E-state index contributed by atoms with van der Waals surface area (Å²) in [4.78, 5) is 9.80. The van der Waals surface area contributed by atoms with Gasteiger partial charge in [-0.15, -0.1) is 0 Å². The summed E-state index contributed by atoms with van der Waals surface area (Å²) in [6.45, 7) is 0. The minimum absolute atomic E-state index is 0.389. The molecular formula is C5H13NO5S. The lowest BCUT2D eigenvalue weighted by Crippen LogP contribution is -2.31. The summed E-state index contributed by atoms with van der Waals surface area (Å²) in [6, 6.07) is 0. The van der Waals surface area contributed by atoms with Crippen molar-refractivity contribution in [3.8, 4) is 0 Å². The van der Waals surface area contributed by atoms with Gasteiger partial charge in [-0.05, 0) is 0 Å². The third-order valence-electron chi connectivity index (χ3n) is 0.520. The van der Waals surface area contributed by atoms with Gasteiger partial charge in [0, 0.05) is 0 Å². The molecule has 74 valence electrons. The molecule has 0 heterocycles. The van der Waals surface area contributed by atoms with Gasteiger partial charge in [0.05, 0.1) is 28.3 Å². The molecule has 0 N–H and O–H groups in total. The Hall–Kier alpha value is -0.500. The van der Waals surface area contributed by atoms with Crippen LogP contribution in [-0.4, -0.2) is 52.1 Å². The minimum Gasteiger partial charge on any atom is -0.726 e. The zero-order chi connectivity index (χ0) is 10.4. The monoisotopic (exact) mass is 199 g/mol. The summed E-state index contributed by atoms with van der Waals surface area (Å²) < 4.78 is 31.4.